The van der Waals surface area contributed by atoms with E-state index >= 15 is 0 Å². The summed E-state index contributed by atoms with van der Waals surface area (Å²) in [6.07, 6.45) is 6.74. The maximum Gasteiger partial charge on any atom is 0.235 e. The molecule has 1 amide bonds. The second-order valence-electron chi connectivity index (χ2n) is 5.21. The molecule has 2 rings (SSSR count). The highest BCUT2D eigenvalue weighted by Gasteiger charge is 2.22. The molecular weight excluding hydrogens is 258 g/mol. The number of aromatic nitrogens is 2. The molecule has 5 heteroatoms. The molecule has 1 N–H and O–H groups in total. The van der Waals surface area contributed by atoms with Gasteiger partial charge in [0.1, 0.15) is 5.82 Å². The number of aryl methyl sites for hydroxylation is 2. The quantitative estimate of drug-likeness (QED) is 0.836. The van der Waals surface area contributed by atoms with Crippen LogP contribution in [0.3, 0.4) is 0 Å². The van der Waals surface area contributed by atoms with Gasteiger partial charge in [-0.05, 0) is 31.9 Å². The standard InChI is InChI=1S/C14H23N3OS/c1-4-12-10(2)14(15-13(18)9-19-3)17(16-12)8-7-11-5-6-11/h11H,4-9H2,1-3H3,(H,15,18). The lowest BCUT2D eigenvalue weighted by Gasteiger charge is -2.09. The number of rotatable bonds is 7. The van der Waals surface area contributed by atoms with Crippen molar-refractivity contribution in [2.75, 3.05) is 17.3 Å². The highest BCUT2D eigenvalue weighted by atomic mass is 32.2. The van der Waals surface area contributed by atoms with Crippen LogP contribution >= 0.6 is 11.8 Å². The van der Waals surface area contributed by atoms with E-state index in [0.717, 1.165) is 36.0 Å². The molecule has 106 valence electrons. The summed E-state index contributed by atoms with van der Waals surface area (Å²) < 4.78 is 1.99. The summed E-state index contributed by atoms with van der Waals surface area (Å²) in [6.45, 7) is 5.07. The first-order chi connectivity index (χ1) is 9.15. The molecule has 0 aromatic carbocycles. The summed E-state index contributed by atoms with van der Waals surface area (Å²) in [7, 11) is 0. The summed E-state index contributed by atoms with van der Waals surface area (Å²) in [4.78, 5) is 11.8. The van der Waals surface area contributed by atoms with Gasteiger partial charge in [0.05, 0.1) is 11.4 Å². The van der Waals surface area contributed by atoms with Crippen molar-refractivity contribution < 1.29 is 4.79 Å². The Morgan fingerprint density at radius 3 is 2.84 bits per heavy atom. The molecule has 1 fully saturated rings. The molecule has 1 saturated carbocycles. The van der Waals surface area contributed by atoms with Gasteiger partial charge in [-0.1, -0.05) is 19.8 Å². The Hall–Kier alpha value is -0.970. The molecule has 1 aromatic rings. The van der Waals surface area contributed by atoms with Gasteiger partial charge in [-0.3, -0.25) is 4.79 Å². The van der Waals surface area contributed by atoms with Crippen LogP contribution in [-0.4, -0.2) is 27.7 Å². The Morgan fingerprint density at radius 2 is 2.26 bits per heavy atom. The predicted octanol–water partition coefficient (Wildman–Crippen LogP) is 2.86. The predicted molar refractivity (Wildman–Crippen MR) is 80.7 cm³/mol. The monoisotopic (exact) mass is 281 g/mol. The van der Waals surface area contributed by atoms with E-state index < -0.39 is 0 Å². The Kier molecular flexibility index (Phi) is 4.91. The van der Waals surface area contributed by atoms with Crippen molar-refractivity contribution in [2.45, 2.75) is 46.1 Å². The Labute approximate surface area is 119 Å². The fourth-order valence-corrected chi connectivity index (χ4v) is 2.60. The first kappa shape index (κ1) is 14.4. The summed E-state index contributed by atoms with van der Waals surface area (Å²) in [5.41, 5.74) is 2.21. The number of hydrogen-bond donors (Lipinski definition) is 1. The minimum Gasteiger partial charge on any atom is -0.310 e. The third kappa shape index (κ3) is 3.75. The largest absolute Gasteiger partial charge is 0.310 e. The molecule has 0 saturated heterocycles. The summed E-state index contributed by atoms with van der Waals surface area (Å²) >= 11 is 1.54. The van der Waals surface area contributed by atoms with Gasteiger partial charge >= 0.3 is 0 Å². The van der Waals surface area contributed by atoms with Gasteiger partial charge < -0.3 is 5.32 Å². The number of thioether (sulfide) groups is 1. The van der Waals surface area contributed by atoms with Gasteiger partial charge in [0.25, 0.3) is 0 Å². The molecule has 0 spiro atoms. The zero-order valence-electron chi connectivity index (χ0n) is 12.0. The topological polar surface area (TPSA) is 46.9 Å². The fourth-order valence-electron chi connectivity index (χ4n) is 2.27. The highest BCUT2D eigenvalue weighted by Crippen LogP contribution is 2.33. The van der Waals surface area contributed by atoms with Crippen molar-refractivity contribution in [3.05, 3.63) is 11.3 Å². The lowest BCUT2D eigenvalue weighted by Crippen LogP contribution is -2.18. The van der Waals surface area contributed by atoms with Gasteiger partial charge in [0.15, 0.2) is 0 Å². The van der Waals surface area contributed by atoms with Crippen LogP contribution in [-0.2, 0) is 17.8 Å². The molecule has 0 atom stereocenters. The Balaban J connectivity index is 2.11. The summed E-state index contributed by atoms with van der Waals surface area (Å²) in [5, 5.41) is 7.66. The molecule has 1 aromatic heterocycles. The molecule has 1 aliphatic rings. The van der Waals surface area contributed by atoms with Crippen molar-refractivity contribution in [3.63, 3.8) is 0 Å². The molecule has 0 unspecified atom stereocenters. The van der Waals surface area contributed by atoms with Crippen LogP contribution in [0.5, 0.6) is 0 Å². The first-order valence-electron chi connectivity index (χ1n) is 7.00. The van der Waals surface area contributed by atoms with Crippen LogP contribution in [0.2, 0.25) is 0 Å². The molecule has 0 bridgehead atoms. The minimum atomic E-state index is 0.0609. The second-order valence-corrected chi connectivity index (χ2v) is 6.08. The summed E-state index contributed by atoms with van der Waals surface area (Å²) in [6, 6.07) is 0. The number of nitrogens with zero attached hydrogens (tertiary/aromatic N) is 2. The van der Waals surface area contributed by atoms with E-state index in [1.165, 1.54) is 31.0 Å². The fraction of sp³-hybridized carbons (Fsp3) is 0.714. The average Bonchev–Trinajstić information content (AvgIpc) is 3.16. The highest BCUT2D eigenvalue weighted by molar-refractivity contribution is 7.99. The van der Waals surface area contributed by atoms with Crippen molar-refractivity contribution in [1.82, 2.24) is 9.78 Å². The molecule has 0 radical (unpaired) electrons. The summed E-state index contributed by atoms with van der Waals surface area (Å²) in [5.74, 6) is 2.33. The molecule has 19 heavy (non-hydrogen) atoms. The molecule has 4 nitrogen and oxygen atoms in total. The number of anilines is 1. The van der Waals surface area contributed by atoms with Crippen molar-refractivity contribution in [3.8, 4) is 0 Å². The molecule has 1 heterocycles. The third-order valence-corrected chi connectivity index (χ3v) is 4.15. The van der Waals surface area contributed by atoms with Crippen LogP contribution in [0.4, 0.5) is 5.82 Å². The minimum absolute atomic E-state index is 0.0609. The Morgan fingerprint density at radius 1 is 1.53 bits per heavy atom. The van der Waals surface area contributed by atoms with Crippen LogP contribution in [0.15, 0.2) is 0 Å². The lowest BCUT2D eigenvalue weighted by molar-refractivity contribution is -0.113. The average molecular weight is 281 g/mol. The van der Waals surface area contributed by atoms with Crippen LogP contribution in [0.25, 0.3) is 0 Å². The molecular formula is C14H23N3OS. The van der Waals surface area contributed by atoms with E-state index in [2.05, 4.69) is 17.3 Å². The number of hydrogen-bond acceptors (Lipinski definition) is 3. The lowest BCUT2D eigenvalue weighted by atomic mass is 10.2. The van der Waals surface area contributed by atoms with Crippen molar-refractivity contribution in [2.24, 2.45) is 5.92 Å². The number of amides is 1. The van der Waals surface area contributed by atoms with Gasteiger partial charge in [0.2, 0.25) is 5.91 Å². The van der Waals surface area contributed by atoms with Gasteiger partial charge in [0, 0.05) is 12.1 Å². The van der Waals surface area contributed by atoms with Crippen LogP contribution in [0.1, 0.15) is 37.4 Å². The van der Waals surface area contributed by atoms with E-state index in [9.17, 15) is 4.79 Å². The Bertz CT molecular complexity index is 452. The van der Waals surface area contributed by atoms with Gasteiger partial charge in [-0.2, -0.15) is 16.9 Å². The molecule has 0 aliphatic heterocycles. The normalized spacial score (nSPS) is 14.7. The number of nitrogens with one attached hydrogen (secondary N) is 1. The number of carbonyl (C=O) groups is 1. The van der Waals surface area contributed by atoms with Gasteiger partial charge in [-0.15, -0.1) is 0 Å². The van der Waals surface area contributed by atoms with Gasteiger partial charge in [-0.25, -0.2) is 4.68 Å². The van der Waals surface area contributed by atoms with E-state index in [0.29, 0.717) is 5.75 Å². The van der Waals surface area contributed by atoms with E-state index in [1.54, 1.807) is 0 Å². The zero-order chi connectivity index (χ0) is 13.8. The zero-order valence-corrected chi connectivity index (χ0v) is 12.8. The van der Waals surface area contributed by atoms with Crippen molar-refractivity contribution in [1.29, 1.82) is 0 Å². The SMILES string of the molecule is CCc1nn(CCC2CC2)c(NC(=O)CSC)c1C. The smallest absolute Gasteiger partial charge is 0.235 e. The van der Waals surface area contributed by atoms with E-state index in [-0.39, 0.29) is 5.91 Å². The van der Waals surface area contributed by atoms with E-state index in [4.69, 9.17) is 0 Å². The second kappa shape index (κ2) is 6.46. The van der Waals surface area contributed by atoms with Crippen LogP contribution in [0, 0.1) is 12.8 Å². The van der Waals surface area contributed by atoms with Crippen LogP contribution < -0.4 is 5.32 Å². The first-order valence-corrected chi connectivity index (χ1v) is 8.40. The van der Waals surface area contributed by atoms with E-state index in [1.807, 2.05) is 17.9 Å². The maximum absolute atomic E-state index is 11.8. The van der Waals surface area contributed by atoms with Crippen molar-refractivity contribution >= 4 is 23.5 Å². The third-order valence-electron chi connectivity index (χ3n) is 3.60. The number of carbonyl (C=O) groups excluding carboxylic acids is 1. The molecule has 1 aliphatic carbocycles. The maximum atomic E-state index is 11.8.